The molecule has 9 aromatic rings. The Morgan fingerprint density at radius 2 is 1.02 bits per heavy atom. The highest BCUT2D eigenvalue weighted by Crippen LogP contribution is 2.41. The van der Waals surface area contributed by atoms with E-state index in [1.54, 1.807) is 0 Å². The fourth-order valence-corrected chi connectivity index (χ4v) is 8.40. The highest BCUT2D eigenvalue weighted by atomic mass is 16.3. The molecule has 1 aliphatic rings. The van der Waals surface area contributed by atoms with Crippen molar-refractivity contribution in [3.05, 3.63) is 193 Å². The van der Waals surface area contributed by atoms with Gasteiger partial charge in [-0.05, 0) is 130 Å². The van der Waals surface area contributed by atoms with Gasteiger partial charge in [-0.15, -0.1) is 0 Å². The molecule has 1 N–H and O–H groups in total. The van der Waals surface area contributed by atoms with E-state index in [4.69, 9.17) is 0 Å². The predicted octanol–water partition coefficient (Wildman–Crippen LogP) is 13.6. The van der Waals surface area contributed by atoms with Crippen molar-refractivity contribution in [3.63, 3.8) is 0 Å². The lowest BCUT2D eigenvalue weighted by Gasteiger charge is -2.21. The molecule has 1 heteroatoms. The van der Waals surface area contributed by atoms with Crippen molar-refractivity contribution in [2.45, 2.75) is 12.3 Å². The molecular weight excluding hydrogens is 617 g/mol. The third-order valence-corrected chi connectivity index (χ3v) is 10.8. The Kier molecular flexibility index (Phi) is 6.85. The van der Waals surface area contributed by atoms with Gasteiger partial charge in [0.2, 0.25) is 0 Å². The molecule has 10 rings (SSSR count). The Bertz CT molecular complexity index is 2870. The molecule has 1 nitrogen and oxygen atoms in total. The molecule has 51 heavy (non-hydrogen) atoms. The number of fused-ring (bicyclic) bond motifs is 9. The van der Waals surface area contributed by atoms with E-state index in [2.05, 4.69) is 170 Å². The summed E-state index contributed by atoms with van der Waals surface area (Å²) in [4.78, 5) is 0. The van der Waals surface area contributed by atoms with Gasteiger partial charge in [-0.2, -0.15) is 0 Å². The zero-order valence-corrected chi connectivity index (χ0v) is 28.1. The monoisotopic (exact) mass is 650 g/mol. The SMILES string of the molecule is Oc1cc(-c2cccc(-c3cc4ccccc4c4ccccc34)c2)cc(C2C=CC=C(c3ccc4c5ccccc5c5ccccc5c4c3)C2)c1. The molecule has 0 fully saturated rings. The Morgan fingerprint density at radius 3 is 1.76 bits per heavy atom. The van der Waals surface area contributed by atoms with Crippen molar-refractivity contribution in [3.8, 4) is 28.0 Å². The molecule has 0 saturated carbocycles. The topological polar surface area (TPSA) is 20.2 Å². The van der Waals surface area contributed by atoms with Crippen molar-refractivity contribution in [2.24, 2.45) is 0 Å². The van der Waals surface area contributed by atoms with E-state index in [9.17, 15) is 5.11 Å². The molecule has 0 radical (unpaired) electrons. The van der Waals surface area contributed by atoms with E-state index in [1.807, 2.05) is 12.1 Å². The van der Waals surface area contributed by atoms with Crippen LogP contribution in [0.1, 0.15) is 23.5 Å². The van der Waals surface area contributed by atoms with E-state index >= 15 is 0 Å². The first-order valence-electron chi connectivity index (χ1n) is 17.7. The molecule has 0 bridgehead atoms. The molecule has 240 valence electrons. The van der Waals surface area contributed by atoms with Gasteiger partial charge in [0.25, 0.3) is 0 Å². The quantitative estimate of drug-likeness (QED) is 0.188. The van der Waals surface area contributed by atoms with E-state index < -0.39 is 0 Å². The second-order valence-electron chi connectivity index (χ2n) is 13.8. The van der Waals surface area contributed by atoms with Crippen molar-refractivity contribution in [1.29, 1.82) is 0 Å². The van der Waals surface area contributed by atoms with Gasteiger partial charge in [-0.3, -0.25) is 0 Å². The molecule has 1 atom stereocenters. The van der Waals surface area contributed by atoms with E-state index in [1.165, 1.54) is 76.1 Å². The normalized spacial score (nSPS) is 14.5. The van der Waals surface area contributed by atoms with E-state index in [0.717, 1.165) is 23.1 Å². The lowest BCUT2D eigenvalue weighted by atomic mass is 9.83. The van der Waals surface area contributed by atoms with Crippen LogP contribution in [0.2, 0.25) is 0 Å². The lowest BCUT2D eigenvalue weighted by Crippen LogP contribution is -2.01. The summed E-state index contributed by atoms with van der Waals surface area (Å²) in [5, 5.41) is 23.8. The maximum Gasteiger partial charge on any atom is 0.116 e. The van der Waals surface area contributed by atoms with Crippen molar-refractivity contribution < 1.29 is 5.11 Å². The first-order chi connectivity index (χ1) is 25.2. The number of hydrogen-bond acceptors (Lipinski definition) is 1. The van der Waals surface area contributed by atoms with Crippen LogP contribution in [0.5, 0.6) is 5.75 Å². The average molecular weight is 651 g/mol. The van der Waals surface area contributed by atoms with Gasteiger partial charge in [-0.25, -0.2) is 0 Å². The Balaban J connectivity index is 1.01. The molecular formula is C50H34O. The maximum absolute atomic E-state index is 11.1. The minimum absolute atomic E-state index is 0.146. The maximum atomic E-state index is 11.1. The number of rotatable bonds is 4. The summed E-state index contributed by atoms with van der Waals surface area (Å²) >= 11 is 0. The largest absolute Gasteiger partial charge is 0.508 e. The van der Waals surface area contributed by atoms with Crippen molar-refractivity contribution >= 4 is 59.4 Å². The summed E-state index contributed by atoms with van der Waals surface area (Å²) in [6.07, 6.45) is 7.56. The molecule has 0 aromatic heterocycles. The summed E-state index contributed by atoms with van der Waals surface area (Å²) in [5.41, 5.74) is 8.15. The van der Waals surface area contributed by atoms with Gasteiger partial charge in [-0.1, -0.05) is 152 Å². The number of hydrogen-bond donors (Lipinski definition) is 1. The molecule has 1 aliphatic carbocycles. The fourth-order valence-electron chi connectivity index (χ4n) is 8.40. The van der Waals surface area contributed by atoms with Gasteiger partial charge in [0.1, 0.15) is 5.75 Å². The smallest absolute Gasteiger partial charge is 0.116 e. The first-order valence-corrected chi connectivity index (χ1v) is 17.7. The summed E-state index contributed by atoms with van der Waals surface area (Å²) < 4.78 is 0. The van der Waals surface area contributed by atoms with Gasteiger partial charge in [0.05, 0.1) is 0 Å². The second kappa shape index (κ2) is 11.9. The number of phenolic OH excluding ortho intramolecular Hbond substituents is 1. The molecule has 0 heterocycles. The molecule has 0 saturated heterocycles. The fraction of sp³-hybridized carbons (Fsp3) is 0.0400. The number of phenols is 1. The summed E-state index contributed by atoms with van der Waals surface area (Å²) in [7, 11) is 0. The second-order valence-corrected chi connectivity index (χ2v) is 13.8. The van der Waals surface area contributed by atoms with Crippen LogP contribution in [0.4, 0.5) is 0 Å². The minimum atomic E-state index is 0.146. The van der Waals surface area contributed by atoms with Crippen LogP contribution < -0.4 is 0 Å². The van der Waals surface area contributed by atoms with Crippen LogP contribution in [-0.2, 0) is 0 Å². The third-order valence-electron chi connectivity index (χ3n) is 10.8. The summed E-state index contributed by atoms with van der Waals surface area (Å²) in [5.74, 6) is 0.435. The van der Waals surface area contributed by atoms with Crippen LogP contribution in [0.25, 0.3) is 81.7 Å². The molecule has 1 unspecified atom stereocenters. The van der Waals surface area contributed by atoms with Gasteiger partial charge < -0.3 is 5.11 Å². The average Bonchev–Trinajstić information content (AvgIpc) is 3.20. The zero-order valence-electron chi connectivity index (χ0n) is 28.1. The minimum Gasteiger partial charge on any atom is -0.508 e. The van der Waals surface area contributed by atoms with Crippen LogP contribution in [0, 0.1) is 0 Å². The van der Waals surface area contributed by atoms with Crippen molar-refractivity contribution in [2.75, 3.05) is 0 Å². The van der Waals surface area contributed by atoms with Crippen LogP contribution in [-0.4, -0.2) is 5.11 Å². The first kappa shape index (κ1) is 29.5. The van der Waals surface area contributed by atoms with Gasteiger partial charge in [0.15, 0.2) is 0 Å². The standard InChI is InChI=1S/C50H34O/c51-40-28-38(27-39(29-40)34-14-10-15-36(26-34)49-31-37-11-1-2-16-41(37)42-17-3-7-21-46(42)49)33-13-9-12-32(25-33)35-23-24-48-45-20-5-4-18-43(45)44-19-6-8-22-47(44)50(48)30-35/h1-24,26-31,33,51H,25H2. The Morgan fingerprint density at radius 1 is 0.412 bits per heavy atom. The molecule has 0 amide bonds. The highest BCUT2D eigenvalue weighted by molar-refractivity contribution is 6.25. The summed E-state index contributed by atoms with van der Waals surface area (Å²) in [6.45, 7) is 0. The predicted molar refractivity (Wildman–Crippen MR) is 217 cm³/mol. The number of benzene rings is 9. The van der Waals surface area contributed by atoms with E-state index in [-0.39, 0.29) is 11.7 Å². The van der Waals surface area contributed by atoms with Gasteiger partial charge >= 0.3 is 0 Å². The van der Waals surface area contributed by atoms with Crippen LogP contribution >= 0.6 is 0 Å². The molecule has 9 aromatic carbocycles. The van der Waals surface area contributed by atoms with Gasteiger partial charge in [0, 0.05) is 5.92 Å². The lowest BCUT2D eigenvalue weighted by molar-refractivity contribution is 0.474. The van der Waals surface area contributed by atoms with Crippen molar-refractivity contribution in [1.82, 2.24) is 0 Å². The molecule has 0 aliphatic heterocycles. The van der Waals surface area contributed by atoms with E-state index in [0.29, 0.717) is 0 Å². The Hall–Kier alpha value is -6.44. The third kappa shape index (κ3) is 5.01. The summed E-state index contributed by atoms with van der Waals surface area (Å²) in [6, 6.07) is 58.9. The Labute approximate surface area is 297 Å². The molecule has 0 spiro atoms. The van der Waals surface area contributed by atoms with Crippen LogP contribution in [0.3, 0.4) is 0 Å². The number of allylic oxidation sites excluding steroid dienone is 4. The van der Waals surface area contributed by atoms with Crippen LogP contribution in [0.15, 0.2) is 182 Å². The highest BCUT2D eigenvalue weighted by Gasteiger charge is 2.19. The zero-order chi connectivity index (χ0) is 33.9. The number of aromatic hydroxyl groups is 1.